The molecule has 1 saturated carbocycles. The van der Waals surface area contributed by atoms with Crippen molar-refractivity contribution in [1.82, 2.24) is 0 Å². The summed E-state index contributed by atoms with van der Waals surface area (Å²) >= 11 is 0. The van der Waals surface area contributed by atoms with Gasteiger partial charge in [0.05, 0.1) is 0 Å². The lowest BCUT2D eigenvalue weighted by Gasteiger charge is -2.26. The van der Waals surface area contributed by atoms with Crippen molar-refractivity contribution >= 4 is 11.6 Å². The molecule has 0 aromatic carbocycles. The van der Waals surface area contributed by atoms with Crippen molar-refractivity contribution in [3.8, 4) is 0 Å². The van der Waals surface area contributed by atoms with Crippen molar-refractivity contribution in [2.24, 2.45) is 23.7 Å². The monoisotopic (exact) mass is 174 g/mol. The summed E-state index contributed by atoms with van der Waals surface area (Å²) in [5.41, 5.74) is 0. The maximum Gasteiger partial charge on any atom is 0.160 e. The van der Waals surface area contributed by atoms with Crippen LogP contribution in [0.4, 0.5) is 0 Å². The SMILES string of the molecule is O=C1C=CC(=O)[C@H]2[C@H]1[C@H]1C=C[C@H]2C1. The van der Waals surface area contributed by atoms with Crippen LogP contribution in [0.15, 0.2) is 24.3 Å². The average Bonchev–Trinajstić information content (AvgIpc) is 2.70. The summed E-state index contributed by atoms with van der Waals surface area (Å²) in [6.07, 6.45) is 8.14. The predicted molar refractivity (Wildman–Crippen MR) is 46.9 cm³/mol. The molecule has 2 bridgehead atoms. The molecule has 3 rings (SSSR count). The van der Waals surface area contributed by atoms with Gasteiger partial charge >= 0.3 is 0 Å². The number of fused-ring (bicyclic) bond motifs is 5. The van der Waals surface area contributed by atoms with Crippen LogP contribution < -0.4 is 0 Å². The van der Waals surface area contributed by atoms with Gasteiger partial charge in [-0.25, -0.2) is 0 Å². The van der Waals surface area contributed by atoms with Gasteiger partial charge in [0.2, 0.25) is 0 Å². The minimum absolute atomic E-state index is 0.0208. The van der Waals surface area contributed by atoms with E-state index in [-0.39, 0.29) is 23.4 Å². The third-order valence-corrected chi connectivity index (χ3v) is 3.53. The first-order valence-corrected chi connectivity index (χ1v) is 4.71. The smallest absolute Gasteiger partial charge is 0.160 e. The topological polar surface area (TPSA) is 34.1 Å². The summed E-state index contributed by atoms with van der Waals surface area (Å²) in [5.74, 6) is 0.954. The van der Waals surface area contributed by atoms with Gasteiger partial charge in [-0.15, -0.1) is 0 Å². The van der Waals surface area contributed by atoms with Crippen LogP contribution >= 0.6 is 0 Å². The van der Waals surface area contributed by atoms with E-state index in [2.05, 4.69) is 12.2 Å². The lowest BCUT2D eigenvalue weighted by molar-refractivity contribution is -0.129. The van der Waals surface area contributed by atoms with E-state index in [0.29, 0.717) is 11.8 Å². The molecule has 0 N–H and O–H groups in total. The van der Waals surface area contributed by atoms with E-state index >= 15 is 0 Å². The second-order valence-corrected chi connectivity index (χ2v) is 4.14. The Labute approximate surface area is 76.3 Å². The number of carbonyl (C=O) groups excluding carboxylic acids is 2. The summed E-state index contributed by atoms with van der Waals surface area (Å²) in [4.78, 5) is 23.1. The molecule has 0 radical (unpaired) electrons. The summed E-state index contributed by atoms with van der Waals surface area (Å²) in [6.45, 7) is 0. The van der Waals surface area contributed by atoms with E-state index in [9.17, 15) is 9.59 Å². The molecule has 3 aliphatic rings. The number of hydrogen-bond donors (Lipinski definition) is 0. The zero-order valence-electron chi connectivity index (χ0n) is 7.14. The second-order valence-electron chi connectivity index (χ2n) is 4.14. The first-order chi connectivity index (χ1) is 6.27. The van der Waals surface area contributed by atoms with E-state index in [1.54, 1.807) is 0 Å². The fraction of sp³-hybridized carbons (Fsp3) is 0.455. The minimum atomic E-state index is -0.0208. The highest BCUT2D eigenvalue weighted by molar-refractivity contribution is 6.08. The van der Waals surface area contributed by atoms with Gasteiger partial charge in [0.1, 0.15) is 0 Å². The standard InChI is InChI=1S/C11H10O2/c12-8-3-4-9(13)11-7-2-1-6(5-7)10(8)11/h1-4,6-7,10-11H,5H2/t6-,7-,10-,11-/m0/s1. The van der Waals surface area contributed by atoms with Gasteiger partial charge in [-0.05, 0) is 30.4 Å². The Bertz CT molecular complexity index is 319. The van der Waals surface area contributed by atoms with Gasteiger partial charge in [0.25, 0.3) is 0 Å². The Morgan fingerprint density at radius 1 is 0.923 bits per heavy atom. The molecule has 1 fully saturated rings. The van der Waals surface area contributed by atoms with Crippen molar-refractivity contribution in [2.45, 2.75) is 6.42 Å². The fourth-order valence-corrected chi connectivity index (χ4v) is 2.98. The van der Waals surface area contributed by atoms with E-state index in [0.717, 1.165) is 6.42 Å². The van der Waals surface area contributed by atoms with Gasteiger partial charge in [-0.3, -0.25) is 9.59 Å². The quantitative estimate of drug-likeness (QED) is 0.516. The molecule has 2 nitrogen and oxygen atoms in total. The Morgan fingerprint density at radius 3 is 1.85 bits per heavy atom. The molecule has 4 atom stereocenters. The molecule has 3 aliphatic carbocycles. The van der Waals surface area contributed by atoms with Crippen molar-refractivity contribution in [1.29, 1.82) is 0 Å². The zero-order chi connectivity index (χ0) is 9.00. The normalized spacial score (nSPS) is 45.8. The van der Waals surface area contributed by atoms with Crippen molar-refractivity contribution in [2.75, 3.05) is 0 Å². The Balaban J connectivity index is 2.09. The molecule has 0 amide bonds. The highest BCUT2D eigenvalue weighted by atomic mass is 16.1. The lowest BCUT2D eigenvalue weighted by Crippen LogP contribution is -2.34. The molecule has 66 valence electrons. The van der Waals surface area contributed by atoms with E-state index < -0.39 is 0 Å². The number of rotatable bonds is 0. The first kappa shape index (κ1) is 7.25. The molecule has 0 spiro atoms. The van der Waals surface area contributed by atoms with E-state index in [1.807, 2.05) is 0 Å². The van der Waals surface area contributed by atoms with Gasteiger partial charge in [-0.2, -0.15) is 0 Å². The number of hydrogen-bond acceptors (Lipinski definition) is 2. The maximum absolute atomic E-state index is 11.5. The van der Waals surface area contributed by atoms with E-state index in [4.69, 9.17) is 0 Å². The summed E-state index contributed by atoms with van der Waals surface area (Å²) in [7, 11) is 0. The molecular weight excluding hydrogens is 164 g/mol. The molecule has 13 heavy (non-hydrogen) atoms. The molecule has 0 unspecified atom stereocenters. The van der Waals surface area contributed by atoms with Crippen molar-refractivity contribution in [3.05, 3.63) is 24.3 Å². The van der Waals surface area contributed by atoms with Crippen LogP contribution in [0.1, 0.15) is 6.42 Å². The minimum Gasteiger partial charge on any atom is -0.294 e. The zero-order valence-corrected chi connectivity index (χ0v) is 7.14. The molecular formula is C11H10O2. The van der Waals surface area contributed by atoms with Gasteiger partial charge in [-0.1, -0.05) is 12.2 Å². The number of carbonyl (C=O) groups is 2. The van der Waals surface area contributed by atoms with Crippen LogP contribution in [0.2, 0.25) is 0 Å². The molecule has 0 aliphatic heterocycles. The van der Waals surface area contributed by atoms with Crippen molar-refractivity contribution in [3.63, 3.8) is 0 Å². The van der Waals surface area contributed by atoms with Gasteiger partial charge in [0.15, 0.2) is 11.6 Å². The second kappa shape index (κ2) is 2.19. The molecule has 0 saturated heterocycles. The number of allylic oxidation sites excluding steroid dienone is 4. The first-order valence-electron chi connectivity index (χ1n) is 4.71. The molecule has 0 aromatic rings. The molecule has 0 aromatic heterocycles. The fourth-order valence-electron chi connectivity index (χ4n) is 2.98. The summed E-state index contributed by atoms with van der Waals surface area (Å²) < 4.78 is 0. The highest BCUT2D eigenvalue weighted by Gasteiger charge is 2.51. The lowest BCUT2D eigenvalue weighted by atomic mass is 9.75. The van der Waals surface area contributed by atoms with Crippen LogP contribution in [0.25, 0.3) is 0 Å². The van der Waals surface area contributed by atoms with Crippen molar-refractivity contribution < 1.29 is 9.59 Å². The largest absolute Gasteiger partial charge is 0.294 e. The average molecular weight is 174 g/mol. The molecule has 2 heteroatoms. The summed E-state index contributed by atoms with van der Waals surface area (Å²) in [6, 6.07) is 0. The maximum atomic E-state index is 11.5. The third kappa shape index (κ3) is 0.781. The van der Waals surface area contributed by atoms with Crippen LogP contribution in [0.5, 0.6) is 0 Å². The Morgan fingerprint density at radius 2 is 1.38 bits per heavy atom. The third-order valence-electron chi connectivity index (χ3n) is 3.53. The molecule has 0 heterocycles. The van der Waals surface area contributed by atoms with Crippen LogP contribution in [-0.2, 0) is 9.59 Å². The highest BCUT2D eigenvalue weighted by Crippen LogP contribution is 2.50. The van der Waals surface area contributed by atoms with Gasteiger partial charge in [0, 0.05) is 11.8 Å². The predicted octanol–water partition coefficient (Wildman–Crippen LogP) is 1.13. The van der Waals surface area contributed by atoms with Crippen LogP contribution in [0, 0.1) is 23.7 Å². The summed E-state index contributed by atoms with van der Waals surface area (Å²) in [5, 5.41) is 0. The van der Waals surface area contributed by atoms with Crippen LogP contribution in [0.3, 0.4) is 0 Å². The Kier molecular flexibility index (Phi) is 1.22. The van der Waals surface area contributed by atoms with Crippen LogP contribution in [-0.4, -0.2) is 11.6 Å². The van der Waals surface area contributed by atoms with E-state index in [1.165, 1.54) is 12.2 Å². The van der Waals surface area contributed by atoms with Gasteiger partial charge < -0.3 is 0 Å². The Hall–Kier alpha value is -1.18. The number of ketones is 2.